The molecule has 0 aliphatic carbocycles. The third-order valence-corrected chi connectivity index (χ3v) is 9.05. The predicted molar refractivity (Wildman–Crippen MR) is 133 cm³/mol. The topological polar surface area (TPSA) is 121 Å². The molecule has 0 radical (unpaired) electrons. The van der Waals surface area contributed by atoms with Crippen LogP contribution in [0.2, 0.25) is 0 Å². The Bertz CT molecular complexity index is 1100. The highest BCUT2D eigenvalue weighted by Gasteiger charge is 2.44. The zero-order valence-electron chi connectivity index (χ0n) is 19.8. The first-order valence-electron chi connectivity index (χ1n) is 12.2. The van der Waals surface area contributed by atoms with E-state index in [4.69, 9.17) is 9.72 Å². The summed E-state index contributed by atoms with van der Waals surface area (Å²) in [5, 5.41) is 8.10. The number of nitrogens with zero attached hydrogens (tertiary/aromatic N) is 3. The number of aromatic nitrogens is 2. The molecule has 186 valence electrons. The summed E-state index contributed by atoms with van der Waals surface area (Å²) in [5.41, 5.74) is 7.35. The Kier molecular flexibility index (Phi) is 6.90. The zero-order chi connectivity index (χ0) is 23.7. The number of rotatable bonds is 8. The second-order valence-electron chi connectivity index (χ2n) is 9.74. The molecule has 2 aromatic rings. The molecule has 0 saturated carbocycles. The minimum atomic E-state index is -3.33. The molecule has 0 aromatic carbocycles. The molecule has 4 N–H and O–H groups in total. The van der Waals surface area contributed by atoms with Gasteiger partial charge in [-0.25, -0.2) is 18.8 Å². The van der Waals surface area contributed by atoms with Crippen molar-refractivity contribution in [3.05, 3.63) is 24.4 Å². The highest BCUT2D eigenvalue weighted by Crippen LogP contribution is 2.38. The van der Waals surface area contributed by atoms with Crippen molar-refractivity contribution in [2.24, 2.45) is 0 Å². The number of sulfonamides is 1. The molecular weight excluding hydrogens is 454 g/mol. The number of fused-ring (bicyclic) bond motifs is 3. The van der Waals surface area contributed by atoms with Crippen molar-refractivity contribution in [2.75, 3.05) is 30.1 Å². The molecule has 3 aliphatic heterocycles. The molecule has 2 bridgehead atoms. The van der Waals surface area contributed by atoms with E-state index < -0.39 is 10.0 Å². The van der Waals surface area contributed by atoms with E-state index in [0.717, 1.165) is 61.1 Å². The second-order valence-corrected chi connectivity index (χ2v) is 11.7. The van der Waals surface area contributed by atoms with E-state index in [1.807, 2.05) is 18.2 Å². The summed E-state index contributed by atoms with van der Waals surface area (Å²) in [4.78, 5) is 9.47. The Labute approximate surface area is 201 Å². The van der Waals surface area contributed by atoms with Crippen molar-refractivity contribution < 1.29 is 13.2 Å². The summed E-state index contributed by atoms with van der Waals surface area (Å²) in [7, 11) is -1.79. The Balaban J connectivity index is 1.36. The lowest BCUT2D eigenvalue weighted by molar-refractivity contribution is 0.114. The molecule has 2 aromatic heterocycles. The van der Waals surface area contributed by atoms with Gasteiger partial charge < -0.3 is 15.4 Å². The van der Waals surface area contributed by atoms with Crippen LogP contribution in [0.25, 0.3) is 10.9 Å². The van der Waals surface area contributed by atoms with Gasteiger partial charge in [0.2, 0.25) is 10.0 Å². The van der Waals surface area contributed by atoms with E-state index in [2.05, 4.69) is 33.4 Å². The van der Waals surface area contributed by atoms with E-state index in [9.17, 15) is 8.42 Å². The van der Waals surface area contributed by atoms with Crippen molar-refractivity contribution in [3.8, 4) is 0 Å². The molecule has 3 aliphatic rings. The maximum atomic E-state index is 13.0. The SMILES string of the molecule is COCCS(=O)(=O)N1[C@@H]2CCC[C@H]1CC(Nc1nc(NC3CC(C)NN3)cc3ncccc13)C2. The fourth-order valence-electron chi connectivity index (χ4n) is 5.64. The van der Waals surface area contributed by atoms with Gasteiger partial charge in [0.25, 0.3) is 0 Å². The summed E-state index contributed by atoms with van der Waals surface area (Å²) in [5.74, 6) is 1.61. The van der Waals surface area contributed by atoms with Crippen LogP contribution in [-0.4, -0.2) is 72.5 Å². The lowest BCUT2D eigenvalue weighted by Crippen LogP contribution is -2.57. The molecule has 5 heterocycles. The highest BCUT2D eigenvalue weighted by molar-refractivity contribution is 7.89. The van der Waals surface area contributed by atoms with E-state index in [1.54, 1.807) is 17.6 Å². The molecule has 5 atom stereocenters. The van der Waals surface area contributed by atoms with Crippen LogP contribution >= 0.6 is 0 Å². The number of methoxy groups -OCH3 is 1. The van der Waals surface area contributed by atoms with Gasteiger partial charge in [0, 0.05) is 48.9 Å². The standard InChI is InChI=1S/C23H35N7O3S/c1-15-11-22(29-28-15)26-21-14-20-19(7-4-8-24-20)23(27-21)25-16-12-17-5-3-6-18(13-16)30(17)34(31,32)10-9-33-2/h4,7-8,14-18,22,28-29H,3,5-6,9-13H2,1-2H3,(H2,25,26,27)/t15?,16?,17-,18+,22?. The van der Waals surface area contributed by atoms with Crippen molar-refractivity contribution >= 4 is 32.6 Å². The molecule has 34 heavy (non-hydrogen) atoms. The number of hydrogen-bond donors (Lipinski definition) is 4. The second kappa shape index (κ2) is 9.90. The van der Waals surface area contributed by atoms with Crippen LogP contribution in [0.4, 0.5) is 11.6 Å². The fraction of sp³-hybridized carbons (Fsp3) is 0.652. The third-order valence-electron chi connectivity index (χ3n) is 7.13. The zero-order valence-corrected chi connectivity index (χ0v) is 20.6. The van der Waals surface area contributed by atoms with Gasteiger partial charge in [-0.3, -0.25) is 10.4 Å². The van der Waals surface area contributed by atoms with E-state index in [1.165, 1.54) is 0 Å². The van der Waals surface area contributed by atoms with Crippen LogP contribution in [-0.2, 0) is 14.8 Å². The van der Waals surface area contributed by atoms with Crippen molar-refractivity contribution in [1.29, 1.82) is 0 Å². The summed E-state index contributed by atoms with van der Waals surface area (Å²) in [6.45, 7) is 2.36. The summed E-state index contributed by atoms with van der Waals surface area (Å²) >= 11 is 0. The third kappa shape index (κ3) is 4.99. The van der Waals surface area contributed by atoms with Gasteiger partial charge in [-0.1, -0.05) is 6.42 Å². The first-order chi connectivity index (χ1) is 16.4. The average Bonchev–Trinajstić information content (AvgIpc) is 3.21. The largest absolute Gasteiger partial charge is 0.384 e. The molecular formula is C23H35N7O3S. The van der Waals surface area contributed by atoms with Crippen molar-refractivity contribution in [1.82, 2.24) is 25.1 Å². The van der Waals surface area contributed by atoms with Crippen LogP contribution in [0, 0.1) is 0 Å². The van der Waals surface area contributed by atoms with E-state index in [0.29, 0.717) is 6.04 Å². The molecule has 11 heteroatoms. The molecule has 3 fully saturated rings. The smallest absolute Gasteiger partial charge is 0.216 e. The lowest BCUT2D eigenvalue weighted by atomic mass is 9.84. The Hall–Kier alpha value is -2.05. The lowest BCUT2D eigenvalue weighted by Gasteiger charge is -2.48. The maximum absolute atomic E-state index is 13.0. The number of pyridine rings is 2. The van der Waals surface area contributed by atoms with Crippen LogP contribution in [0.15, 0.2) is 24.4 Å². The van der Waals surface area contributed by atoms with Gasteiger partial charge in [0.1, 0.15) is 11.6 Å². The van der Waals surface area contributed by atoms with Crippen LogP contribution < -0.4 is 21.5 Å². The van der Waals surface area contributed by atoms with Gasteiger partial charge in [-0.15, -0.1) is 0 Å². The van der Waals surface area contributed by atoms with Crippen LogP contribution in [0.3, 0.4) is 0 Å². The van der Waals surface area contributed by atoms with Crippen LogP contribution in [0.5, 0.6) is 0 Å². The molecule has 3 unspecified atom stereocenters. The van der Waals surface area contributed by atoms with Gasteiger partial charge in [-0.05, 0) is 51.2 Å². The summed E-state index contributed by atoms with van der Waals surface area (Å²) in [6.07, 6.45) is 7.25. The quantitative estimate of drug-likeness (QED) is 0.441. The number of hydrogen-bond acceptors (Lipinski definition) is 9. The normalized spacial score (nSPS) is 29.9. The van der Waals surface area contributed by atoms with Crippen LogP contribution in [0.1, 0.15) is 45.4 Å². The van der Waals surface area contributed by atoms with Crippen molar-refractivity contribution in [2.45, 2.75) is 75.8 Å². The van der Waals surface area contributed by atoms with Gasteiger partial charge in [0.05, 0.1) is 24.0 Å². The first kappa shape index (κ1) is 23.7. The minimum absolute atomic E-state index is 0.0211. The van der Waals surface area contributed by atoms with Crippen molar-refractivity contribution in [3.63, 3.8) is 0 Å². The number of anilines is 2. The molecule has 0 spiro atoms. The molecule has 10 nitrogen and oxygen atoms in total. The minimum Gasteiger partial charge on any atom is -0.384 e. The number of nitrogens with one attached hydrogen (secondary N) is 4. The number of hydrazine groups is 1. The maximum Gasteiger partial charge on any atom is 0.216 e. The Morgan fingerprint density at radius 2 is 1.97 bits per heavy atom. The molecule has 0 amide bonds. The van der Waals surface area contributed by atoms with E-state index >= 15 is 0 Å². The van der Waals surface area contributed by atoms with Gasteiger partial charge >= 0.3 is 0 Å². The highest BCUT2D eigenvalue weighted by atomic mass is 32.2. The first-order valence-corrected chi connectivity index (χ1v) is 13.8. The number of ether oxygens (including phenoxy) is 1. The number of piperidine rings is 2. The van der Waals surface area contributed by atoms with Gasteiger partial charge in [0.15, 0.2) is 0 Å². The molecule has 3 saturated heterocycles. The Morgan fingerprint density at radius 1 is 1.18 bits per heavy atom. The predicted octanol–water partition coefficient (Wildman–Crippen LogP) is 2.03. The monoisotopic (exact) mass is 489 g/mol. The summed E-state index contributed by atoms with van der Waals surface area (Å²) < 4.78 is 32.9. The van der Waals surface area contributed by atoms with E-state index in [-0.39, 0.29) is 36.7 Å². The summed E-state index contributed by atoms with van der Waals surface area (Å²) in [6, 6.07) is 6.52. The van der Waals surface area contributed by atoms with Gasteiger partial charge in [-0.2, -0.15) is 4.31 Å². The molecule has 5 rings (SSSR count). The average molecular weight is 490 g/mol. The fourth-order valence-corrected chi connectivity index (χ4v) is 7.52. The Morgan fingerprint density at radius 3 is 2.68 bits per heavy atom.